The Kier molecular flexibility index (Phi) is 3.27. The quantitative estimate of drug-likeness (QED) is 0.899. The highest BCUT2D eigenvalue weighted by Crippen LogP contribution is 2.13. The molecule has 18 heavy (non-hydrogen) atoms. The number of carboxylic acid groups (broad SMARTS) is 1. The minimum atomic E-state index is -1.08. The molecule has 1 heterocycles. The number of nitrogens with zero attached hydrogens (tertiary/aromatic N) is 2. The van der Waals surface area contributed by atoms with E-state index in [4.69, 9.17) is 9.84 Å². The van der Waals surface area contributed by atoms with Gasteiger partial charge in [-0.2, -0.15) is 5.10 Å². The largest absolute Gasteiger partial charge is 0.487 e. The molecule has 1 N–H and O–H groups in total. The van der Waals surface area contributed by atoms with Gasteiger partial charge in [-0.1, -0.05) is 0 Å². The number of ether oxygens (including phenoxy) is 1. The number of halogens is 1. The van der Waals surface area contributed by atoms with Gasteiger partial charge in [-0.3, -0.25) is 4.68 Å². The van der Waals surface area contributed by atoms with Crippen molar-refractivity contribution in [2.24, 2.45) is 7.05 Å². The lowest BCUT2D eigenvalue weighted by Crippen LogP contribution is -2.03. The first-order chi connectivity index (χ1) is 8.56. The summed E-state index contributed by atoms with van der Waals surface area (Å²) in [5.74, 6) is -0.913. The molecule has 2 aromatic rings. The zero-order valence-corrected chi connectivity index (χ0v) is 9.63. The molecule has 0 saturated carbocycles. The predicted molar refractivity (Wildman–Crippen MR) is 60.9 cm³/mol. The van der Waals surface area contributed by atoms with Gasteiger partial charge in [-0.25, -0.2) is 9.18 Å². The van der Waals surface area contributed by atoms with Crippen LogP contribution in [0.15, 0.2) is 30.3 Å². The number of aromatic nitrogens is 2. The molecule has 2 rings (SSSR count). The normalized spacial score (nSPS) is 10.3. The number of benzene rings is 1. The standard InChI is InChI=1S/C12H11FN2O3/c1-15-9(6-11(14-15)12(16)17)7-18-10-4-2-8(13)3-5-10/h2-6H,7H2,1H3,(H,16,17). The monoisotopic (exact) mass is 250 g/mol. The van der Waals surface area contributed by atoms with Gasteiger partial charge >= 0.3 is 5.97 Å². The van der Waals surface area contributed by atoms with Crippen molar-refractivity contribution < 1.29 is 19.0 Å². The average molecular weight is 250 g/mol. The van der Waals surface area contributed by atoms with Crippen LogP contribution in [0.25, 0.3) is 0 Å². The van der Waals surface area contributed by atoms with Gasteiger partial charge in [0.25, 0.3) is 0 Å². The smallest absolute Gasteiger partial charge is 0.356 e. The van der Waals surface area contributed by atoms with Crippen LogP contribution in [0, 0.1) is 5.82 Å². The topological polar surface area (TPSA) is 64.4 Å². The SMILES string of the molecule is Cn1nc(C(=O)O)cc1COc1ccc(F)cc1. The van der Waals surface area contributed by atoms with Crippen molar-refractivity contribution in [2.75, 3.05) is 0 Å². The van der Waals surface area contributed by atoms with Crippen LogP contribution in [0.2, 0.25) is 0 Å². The molecule has 6 heteroatoms. The fraction of sp³-hybridized carbons (Fsp3) is 0.167. The number of rotatable bonds is 4. The van der Waals surface area contributed by atoms with Crippen molar-refractivity contribution in [2.45, 2.75) is 6.61 Å². The summed E-state index contributed by atoms with van der Waals surface area (Å²) in [5.41, 5.74) is 0.590. The van der Waals surface area contributed by atoms with Gasteiger partial charge in [-0.05, 0) is 30.3 Å². The summed E-state index contributed by atoms with van der Waals surface area (Å²) in [5, 5.41) is 12.6. The Morgan fingerprint density at radius 2 is 2.11 bits per heavy atom. The zero-order chi connectivity index (χ0) is 13.1. The molecule has 94 valence electrons. The number of hydrogen-bond acceptors (Lipinski definition) is 3. The molecule has 0 aliphatic carbocycles. The van der Waals surface area contributed by atoms with E-state index in [2.05, 4.69) is 5.10 Å². The molecule has 0 unspecified atom stereocenters. The van der Waals surface area contributed by atoms with E-state index in [1.54, 1.807) is 7.05 Å². The third-order valence-corrected chi connectivity index (χ3v) is 2.40. The van der Waals surface area contributed by atoms with Crippen molar-refractivity contribution in [3.8, 4) is 5.75 Å². The fourth-order valence-electron chi connectivity index (χ4n) is 1.43. The molecular weight excluding hydrogens is 239 g/mol. The second-order valence-electron chi connectivity index (χ2n) is 3.69. The molecule has 1 aromatic heterocycles. The van der Waals surface area contributed by atoms with Crippen LogP contribution in [0.3, 0.4) is 0 Å². The number of hydrogen-bond donors (Lipinski definition) is 1. The van der Waals surface area contributed by atoms with Crippen LogP contribution in [0.1, 0.15) is 16.2 Å². The summed E-state index contributed by atoms with van der Waals surface area (Å²) in [6, 6.07) is 7.03. The van der Waals surface area contributed by atoms with Crippen molar-refractivity contribution in [1.29, 1.82) is 0 Å². The number of carboxylic acids is 1. The van der Waals surface area contributed by atoms with Crippen molar-refractivity contribution in [1.82, 2.24) is 9.78 Å². The van der Waals surface area contributed by atoms with E-state index in [0.29, 0.717) is 11.4 Å². The zero-order valence-electron chi connectivity index (χ0n) is 9.63. The Bertz CT molecular complexity index is 563. The van der Waals surface area contributed by atoms with E-state index in [1.165, 1.54) is 35.0 Å². The average Bonchev–Trinajstić information content (AvgIpc) is 2.70. The van der Waals surface area contributed by atoms with E-state index in [1.807, 2.05) is 0 Å². The molecule has 0 aliphatic heterocycles. The second kappa shape index (κ2) is 4.87. The molecule has 0 radical (unpaired) electrons. The van der Waals surface area contributed by atoms with E-state index in [-0.39, 0.29) is 18.1 Å². The van der Waals surface area contributed by atoms with Crippen LogP contribution in [0.5, 0.6) is 5.75 Å². The maximum Gasteiger partial charge on any atom is 0.356 e. The van der Waals surface area contributed by atoms with Crippen molar-refractivity contribution >= 4 is 5.97 Å². The highest BCUT2D eigenvalue weighted by Gasteiger charge is 2.11. The van der Waals surface area contributed by atoms with Crippen LogP contribution in [0.4, 0.5) is 4.39 Å². The van der Waals surface area contributed by atoms with Crippen LogP contribution < -0.4 is 4.74 Å². The summed E-state index contributed by atoms with van der Waals surface area (Å²) < 4.78 is 19.5. The molecule has 0 amide bonds. The lowest BCUT2D eigenvalue weighted by atomic mass is 10.3. The Balaban J connectivity index is 2.06. The summed E-state index contributed by atoms with van der Waals surface area (Å²) in [4.78, 5) is 10.7. The summed E-state index contributed by atoms with van der Waals surface area (Å²) in [6.07, 6.45) is 0. The van der Waals surface area contributed by atoms with E-state index in [0.717, 1.165) is 0 Å². The Morgan fingerprint density at radius 3 is 2.67 bits per heavy atom. The maximum absolute atomic E-state index is 12.7. The first-order valence-corrected chi connectivity index (χ1v) is 5.21. The van der Waals surface area contributed by atoms with Gasteiger partial charge in [0.1, 0.15) is 18.2 Å². The Labute approximate surface area is 102 Å². The third-order valence-electron chi connectivity index (χ3n) is 2.40. The fourth-order valence-corrected chi connectivity index (χ4v) is 1.43. The highest BCUT2D eigenvalue weighted by atomic mass is 19.1. The summed E-state index contributed by atoms with van der Waals surface area (Å²) >= 11 is 0. The highest BCUT2D eigenvalue weighted by molar-refractivity contribution is 5.85. The Hall–Kier alpha value is -2.37. The molecule has 0 bridgehead atoms. The van der Waals surface area contributed by atoms with Gasteiger partial charge in [-0.15, -0.1) is 0 Å². The molecule has 0 spiro atoms. The van der Waals surface area contributed by atoms with Crippen molar-refractivity contribution in [3.05, 3.63) is 47.5 Å². The first-order valence-electron chi connectivity index (χ1n) is 5.21. The van der Waals surface area contributed by atoms with Crippen LogP contribution >= 0.6 is 0 Å². The molecule has 5 nitrogen and oxygen atoms in total. The van der Waals surface area contributed by atoms with E-state index >= 15 is 0 Å². The van der Waals surface area contributed by atoms with Gasteiger partial charge < -0.3 is 9.84 Å². The molecule has 0 aliphatic rings. The molecule has 0 fully saturated rings. The van der Waals surface area contributed by atoms with Gasteiger partial charge in [0, 0.05) is 7.05 Å². The second-order valence-corrected chi connectivity index (χ2v) is 3.69. The number of carbonyl (C=O) groups is 1. The van der Waals surface area contributed by atoms with Crippen LogP contribution in [-0.4, -0.2) is 20.9 Å². The predicted octanol–water partition coefficient (Wildman–Crippen LogP) is 1.84. The minimum Gasteiger partial charge on any atom is -0.487 e. The van der Waals surface area contributed by atoms with E-state index < -0.39 is 5.97 Å². The van der Waals surface area contributed by atoms with Gasteiger partial charge in [0.05, 0.1) is 5.69 Å². The van der Waals surface area contributed by atoms with E-state index in [9.17, 15) is 9.18 Å². The Morgan fingerprint density at radius 1 is 1.44 bits per heavy atom. The minimum absolute atomic E-state index is 0.0322. The first kappa shape index (κ1) is 12.1. The lowest BCUT2D eigenvalue weighted by molar-refractivity contribution is 0.0689. The molecule has 0 atom stereocenters. The van der Waals surface area contributed by atoms with Crippen molar-refractivity contribution in [3.63, 3.8) is 0 Å². The summed E-state index contributed by atoms with van der Waals surface area (Å²) in [7, 11) is 1.63. The summed E-state index contributed by atoms with van der Waals surface area (Å²) in [6.45, 7) is 0.169. The van der Waals surface area contributed by atoms with Crippen LogP contribution in [-0.2, 0) is 13.7 Å². The molecular formula is C12H11FN2O3. The number of aryl methyl sites for hydroxylation is 1. The van der Waals surface area contributed by atoms with Gasteiger partial charge in [0.15, 0.2) is 5.69 Å². The number of aromatic carboxylic acids is 1. The lowest BCUT2D eigenvalue weighted by Gasteiger charge is -2.05. The third kappa shape index (κ3) is 2.65. The molecule has 1 aromatic carbocycles. The van der Waals surface area contributed by atoms with Gasteiger partial charge in [0.2, 0.25) is 0 Å². The maximum atomic E-state index is 12.7. The molecule has 0 saturated heterocycles.